The van der Waals surface area contributed by atoms with Crippen LogP contribution in [0.2, 0.25) is 0 Å². The van der Waals surface area contributed by atoms with E-state index in [-0.39, 0.29) is 6.61 Å². The third kappa shape index (κ3) is 3.53. The van der Waals surface area contributed by atoms with Gasteiger partial charge in [-0.15, -0.1) is 0 Å². The lowest BCUT2D eigenvalue weighted by molar-refractivity contribution is -0.128. The van der Waals surface area contributed by atoms with Gasteiger partial charge >= 0.3 is 5.97 Å². The molecule has 0 spiro atoms. The second kappa shape index (κ2) is 6.14. The molecule has 104 valence electrons. The van der Waals surface area contributed by atoms with Crippen molar-refractivity contribution in [3.63, 3.8) is 0 Å². The lowest BCUT2D eigenvalue weighted by atomic mass is 10.1. The number of hydrogen-bond donors (Lipinski definition) is 1. The van der Waals surface area contributed by atoms with Crippen LogP contribution in [0.5, 0.6) is 0 Å². The maximum absolute atomic E-state index is 11.8. The molecule has 0 bridgehead atoms. The number of carbonyl (C=O) groups excluding carboxylic acids is 1. The molecule has 1 heterocycles. The Morgan fingerprint density at radius 1 is 1.42 bits per heavy atom. The number of ether oxygens (including phenoxy) is 3. The Morgan fingerprint density at radius 2 is 2.11 bits per heavy atom. The van der Waals surface area contributed by atoms with Gasteiger partial charge < -0.3 is 19.3 Å². The lowest BCUT2D eigenvalue weighted by Crippen LogP contribution is -2.28. The number of carbonyl (C=O) groups is 1. The van der Waals surface area contributed by atoms with E-state index in [9.17, 15) is 9.90 Å². The summed E-state index contributed by atoms with van der Waals surface area (Å²) in [5.41, 5.74) is 1.57. The van der Waals surface area contributed by atoms with E-state index in [4.69, 9.17) is 14.2 Å². The number of aliphatic hydroxyl groups is 1. The predicted octanol–water partition coefficient (Wildman–Crippen LogP) is 1.27. The fraction of sp³-hybridized carbons (Fsp3) is 0.500. The molecule has 1 N–H and O–H groups in total. The third-order valence-electron chi connectivity index (χ3n) is 3.12. The van der Waals surface area contributed by atoms with Crippen LogP contribution in [0.4, 0.5) is 0 Å². The highest BCUT2D eigenvalue weighted by molar-refractivity contribution is 5.89. The summed E-state index contributed by atoms with van der Waals surface area (Å²) in [6, 6.07) is 7.11. The summed E-state index contributed by atoms with van der Waals surface area (Å²) >= 11 is 0. The monoisotopic (exact) mass is 266 g/mol. The number of rotatable bonds is 4. The molecular weight excluding hydrogens is 248 g/mol. The van der Waals surface area contributed by atoms with Crippen LogP contribution in [0.15, 0.2) is 24.3 Å². The first-order valence-corrected chi connectivity index (χ1v) is 6.20. The zero-order chi connectivity index (χ0) is 13.8. The standard InChI is InChI=1S/C14H18O5/c1-9-3-5-10(6-4-9)14(16)18-8-12-11(15)7-13(17-2)19-12/h3-6,11-13,15H,7-8H2,1-2H3/t11-,12-,13+/m1/s1. The van der Waals surface area contributed by atoms with Gasteiger partial charge in [0.1, 0.15) is 12.7 Å². The van der Waals surface area contributed by atoms with Gasteiger partial charge in [0.2, 0.25) is 0 Å². The molecule has 0 amide bonds. The average Bonchev–Trinajstić information content (AvgIpc) is 2.77. The number of methoxy groups -OCH3 is 1. The molecule has 0 unspecified atom stereocenters. The lowest BCUT2D eigenvalue weighted by Gasteiger charge is -2.14. The second-order valence-electron chi connectivity index (χ2n) is 4.61. The maximum Gasteiger partial charge on any atom is 0.338 e. The zero-order valence-corrected chi connectivity index (χ0v) is 11.0. The molecule has 1 aromatic carbocycles. The average molecular weight is 266 g/mol. The van der Waals surface area contributed by atoms with E-state index in [0.29, 0.717) is 12.0 Å². The van der Waals surface area contributed by atoms with Crippen LogP contribution >= 0.6 is 0 Å². The van der Waals surface area contributed by atoms with Gasteiger partial charge in [-0.05, 0) is 19.1 Å². The molecule has 2 rings (SSSR count). The Kier molecular flexibility index (Phi) is 4.52. The molecule has 1 saturated heterocycles. The van der Waals surface area contributed by atoms with E-state index in [1.807, 2.05) is 19.1 Å². The topological polar surface area (TPSA) is 65.0 Å². The van der Waals surface area contributed by atoms with Gasteiger partial charge in [-0.25, -0.2) is 4.79 Å². The van der Waals surface area contributed by atoms with Gasteiger partial charge in [0.25, 0.3) is 0 Å². The summed E-state index contributed by atoms with van der Waals surface area (Å²) in [5, 5.41) is 9.71. The first kappa shape index (κ1) is 14.0. The van der Waals surface area contributed by atoms with Crippen molar-refractivity contribution in [2.75, 3.05) is 13.7 Å². The molecule has 1 fully saturated rings. The number of aliphatic hydroxyl groups excluding tert-OH is 1. The van der Waals surface area contributed by atoms with Crippen molar-refractivity contribution in [1.82, 2.24) is 0 Å². The molecule has 1 aromatic rings. The molecule has 0 aromatic heterocycles. The normalized spacial score (nSPS) is 26.4. The Hall–Kier alpha value is -1.43. The van der Waals surface area contributed by atoms with E-state index >= 15 is 0 Å². The van der Waals surface area contributed by atoms with Crippen molar-refractivity contribution >= 4 is 5.97 Å². The van der Waals surface area contributed by atoms with Gasteiger partial charge in [-0.2, -0.15) is 0 Å². The second-order valence-corrected chi connectivity index (χ2v) is 4.61. The van der Waals surface area contributed by atoms with Crippen LogP contribution in [-0.2, 0) is 14.2 Å². The largest absolute Gasteiger partial charge is 0.459 e. The highest BCUT2D eigenvalue weighted by atomic mass is 16.7. The number of aryl methyl sites for hydroxylation is 1. The maximum atomic E-state index is 11.8. The van der Waals surface area contributed by atoms with Crippen molar-refractivity contribution in [3.8, 4) is 0 Å². The Balaban J connectivity index is 1.85. The molecule has 0 radical (unpaired) electrons. The summed E-state index contributed by atoms with van der Waals surface area (Å²) in [6.45, 7) is 1.97. The van der Waals surface area contributed by atoms with E-state index < -0.39 is 24.5 Å². The van der Waals surface area contributed by atoms with E-state index in [0.717, 1.165) is 5.56 Å². The summed E-state index contributed by atoms with van der Waals surface area (Å²) in [5.74, 6) is -0.420. The minimum Gasteiger partial charge on any atom is -0.459 e. The van der Waals surface area contributed by atoms with E-state index in [1.54, 1.807) is 12.1 Å². The summed E-state index contributed by atoms with van der Waals surface area (Å²) in [7, 11) is 1.51. The Labute approximate surface area is 112 Å². The van der Waals surface area contributed by atoms with Gasteiger partial charge in [0.15, 0.2) is 6.29 Å². The highest BCUT2D eigenvalue weighted by Crippen LogP contribution is 2.21. The molecule has 3 atom stereocenters. The number of benzene rings is 1. The van der Waals surface area contributed by atoms with Crippen LogP contribution in [0.1, 0.15) is 22.3 Å². The molecule has 1 aliphatic heterocycles. The van der Waals surface area contributed by atoms with Crippen molar-refractivity contribution in [3.05, 3.63) is 35.4 Å². The zero-order valence-electron chi connectivity index (χ0n) is 11.0. The van der Waals surface area contributed by atoms with Crippen molar-refractivity contribution in [2.24, 2.45) is 0 Å². The molecule has 1 aliphatic rings. The summed E-state index contributed by atoms with van der Waals surface area (Å²) in [4.78, 5) is 11.8. The summed E-state index contributed by atoms with van der Waals surface area (Å²) < 4.78 is 15.5. The van der Waals surface area contributed by atoms with Crippen molar-refractivity contribution in [2.45, 2.75) is 31.8 Å². The molecular formula is C14H18O5. The molecule has 0 saturated carbocycles. The number of hydrogen-bond acceptors (Lipinski definition) is 5. The van der Waals surface area contributed by atoms with Gasteiger partial charge in [-0.1, -0.05) is 17.7 Å². The molecule has 5 heteroatoms. The van der Waals surface area contributed by atoms with Crippen LogP contribution < -0.4 is 0 Å². The van der Waals surface area contributed by atoms with Gasteiger partial charge in [0.05, 0.1) is 11.7 Å². The predicted molar refractivity (Wildman–Crippen MR) is 67.8 cm³/mol. The first-order valence-electron chi connectivity index (χ1n) is 6.20. The first-order chi connectivity index (χ1) is 9.10. The number of esters is 1. The van der Waals surface area contributed by atoms with Gasteiger partial charge in [0, 0.05) is 13.5 Å². The smallest absolute Gasteiger partial charge is 0.338 e. The van der Waals surface area contributed by atoms with Gasteiger partial charge in [-0.3, -0.25) is 0 Å². The third-order valence-corrected chi connectivity index (χ3v) is 3.12. The molecule has 19 heavy (non-hydrogen) atoms. The van der Waals surface area contributed by atoms with Crippen LogP contribution in [0, 0.1) is 6.92 Å². The SMILES string of the molecule is CO[C@@H]1C[C@@H](O)[C@@H](COC(=O)c2ccc(C)cc2)O1. The molecule has 0 aliphatic carbocycles. The van der Waals surface area contributed by atoms with Crippen molar-refractivity contribution < 1.29 is 24.1 Å². The van der Waals surface area contributed by atoms with Crippen LogP contribution in [0.3, 0.4) is 0 Å². The minimum atomic E-state index is -0.671. The minimum absolute atomic E-state index is 0.0216. The quantitative estimate of drug-likeness (QED) is 0.831. The Morgan fingerprint density at radius 3 is 2.68 bits per heavy atom. The van der Waals surface area contributed by atoms with E-state index in [2.05, 4.69) is 0 Å². The molecule has 5 nitrogen and oxygen atoms in total. The van der Waals surface area contributed by atoms with Crippen LogP contribution in [0.25, 0.3) is 0 Å². The summed E-state index contributed by atoms with van der Waals surface area (Å²) in [6.07, 6.45) is -1.24. The fourth-order valence-corrected chi connectivity index (χ4v) is 1.92. The van der Waals surface area contributed by atoms with Crippen LogP contribution in [-0.4, -0.2) is 43.3 Å². The van der Waals surface area contributed by atoms with Crippen molar-refractivity contribution in [1.29, 1.82) is 0 Å². The van der Waals surface area contributed by atoms with E-state index in [1.165, 1.54) is 7.11 Å². The highest BCUT2D eigenvalue weighted by Gasteiger charge is 2.34. The fourth-order valence-electron chi connectivity index (χ4n) is 1.92. The Bertz CT molecular complexity index is 428.